The topological polar surface area (TPSA) is 105 Å². The van der Waals surface area contributed by atoms with Crippen LogP contribution in [0.3, 0.4) is 0 Å². The number of carbonyl (C=O) groups is 3. The van der Waals surface area contributed by atoms with E-state index in [-0.39, 0.29) is 24.8 Å². The van der Waals surface area contributed by atoms with Gasteiger partial charge < -0.3 is 20.5 Å². The van der Waals surface area contributed by atoms with Gasteiger partial charge in [-0.2, -0.15) is 0 Å². The average Bonchev–Trinajstić information content (AvgIpc) is 2.74. The molecule has 0 saturated heterocycles. The van der Waals surface area contributed by atoms with Crippen molar-refractivity contribution in [2.24, 2.45) is 0 Å². The van der Waals surface area contributed by atoms with Crippen molar-refractivity contribution < 1.29 is 24.2 Å². The number of amides is 2. The highest BCUT2D eigenvalue weighted by molar-refractivity contribution is 5.93. The van der Waals surface area contributed by atoms with Crippen molar-refractivity contribution in [3.8, 4) is 5.75 Å². The van der Waals surface area contributed by atoms with Crippen LogP contribution in [0.2, 0.25) is 0 Å². The van der Waals surface area contributed by atoms with E-state index >= 15 is 0 Å². The number of ether oxygens (including phenoxy) is 1. The molecule has 0 aliphatic rings. The van der Waals surface area contributed by atoms with Gasteiger partial charge in [-0.15, -0.1) is 0 Å². The second-order valence-corrected chi connectivity index (χ2v) is 6.30. The van der Waals surface area contributed by atoms with Crippen LogP contribution < -0.4 is 15.4 Å². The minimum atomic E-state index is -0.953. The van der Waals surface area contributed by atoms with Crippen molar-refractivity contribution in [1.82, 2.24) is 5.32 Å². The Hall–Kier alpha value is -4.13. The number of methoxy groups -OCH3 is 1. The first-order valence-electron chi connectivity index (χ1n) is 9.89. The van der Waals surface area contributed by atoms with Crippen LogP contribution in [0.15, 0.2) is 85.0 Å². The summed E-state index contributed by atoms with van der Waals surface area (Å²) in [4.78, 5) is 33.1. The molecule has 7 heteroatoms. The van der Waals surface area contributed by atoms with E-state index < -0.39 is 5.97 Å². The molecule has 7 nitrogen and oxygen atoms in total. The fraction of sp³-hybridized carbons (Fsp3) is 0.160. The molecule has 2 amide bonds. The molecule has 3 N–H and O–H groups in total. The average molecular weight is 437 g/mol. The van der Waals surface area contributed by atoms with Gasteiger partial charge in [0.15, 0.2) is 0 Å². The number of allylic oxidation sites excluding steroid dienone is 10. The zero-order chi connectivity index (χ0) is 23.6. The summed E-state index contributed by atoms with van der Waals surface area (Å²) in [5.74, 6) is -0.863. The summed E-state index contributed by atoms with van der Waals surface area (Å²) in [5, 5.41) is 13.7. The summed E-state index contributed by atoms with van der Waals surface area (Å²) in [6.07, 6.45) is 21.1. The van der Waals surface area contributed by atoms with Crippen LogP contribution in [0.5, 0.6) is 5.75 Å². The van der Waals surface area contributed by atoms with Crippen LogP contribution in [0.1, 0.15) is 18.9 Å². The van der Waals surface area contributed by atoms with Gasteiger partial charge in [-0.3, -0.25) is 14.4 Å². The maximum Gasteiger partial charge on any atom is 0.305 e. The lowest BCUT2D eigenvalue weighted by molar-refractivity contribution is -0.136. The summed E-state index contributed by atoms with van der Waals surface area (Å²) in [5.41, 5.74) is 1.46. The molecule has 168 valence electrons. The van der Waals surface area contributed by atoms with Gasteiger partial charge in [0.2, 0.25) is 11.8 Å². The molecule has 0 unspecified atom stereocenters. The Bertz CT molecular complexity index is 953. The first-order chi connectivity index (χ1) is 15.4. The number of carboxylic acid groups (broad SMARTS) is 1. The number of carboxylic acids is 1. The van der Waals surface area contributed by atoms with E-state index in [2.05, 4.69) is 10.6 Å². The summed E-state index contributed by atoms with van der Waals surface area (Å²) < 4.78 is 5.29. The van der Waals surface area contributed by atoms with Gasteiger partial charge in [-0.05, 0) is 6.07 Å². The second kappa shape index (κ2) is 15.7. The summed E-state index contributed by atoms with van der Waals surface area (Å²) in [7, 11) is 1.56. The maximum absolute atomic E-state index is 11.4. The molecule has 0 bridgehead atoms. The standard InChI is InChI=1S/C25H28N2O5/c1-20(28)27-25-21(15-13-16-22(25)32-2)14-11-9-7-5-3-4-6-8-10-12-17-23(29)26-19-18-24(30)31/h3-17H,18-19H2,1-2H3,(H,26,29)(H,27,28)(H,30,31)/b5-3+,6-4+,9-7+,10-8+,14-11-,17-12+. The number of carbonyl (C=O) groups excluding carboxylic acids is 2. The number of rotatable bonds is 12. The highest BCUT2D eigenvalue weighted by Gasteiger charge is 2.07. The monoisotopic (exact) mass is 436 g/mol. The van der Waals surface area contributed by atoms with Gasteiger partial charge in [-0.25, -0.2) is 0 Å². The molecular formula is C25H28N2O5. The number of para-hydroxylation sites is 1. The number of anilines is 1. The third kappa shape index (κ3) is 11.8. The molecule has 0 aliphatic heterocycles. The fourth-order valence-electron chi connectivity index (χ4n) is 2.33. The Morgan fingerprint density at radius 1 is 0.938 bits per heavy atom. The molecule has 1 rings (SSSR count). The minimum Gasteiger partial charge on any atom is -0.495 e. The molecule has 0 saturated carbocycles. The molecule has 0 radical (unpaired) electrons. The zero-order valence-corrected chi connectivity index (χ0v) is 18.2. The third-order valence-electron chi connectivity index (χ3n) is 3.74. The first-order valence-corrected chi connectivity index (χ1v) is 9.89. The van der Waals surface area contributed by atoms with Crippen LogP contribution in [0.25, 0.3) is 6.08 Å². The van der Waals surface area contributed by atoms with Crippen molar-refractivity contribution >= 4 is 29.5 Å². The predicted molar refractivity (Wildman–Crippen MR) is 127 cm³/mol. The zero-order valence-electron chi connectivity index (χ0n) is 18.2. The number of aliphatic carboxylic acids is 1. The first kappa shape index (κ1) is 25.9. The summed E-state index contributed by atoms with van der Waals surface area (Å²) in [6, 6.07) is 5.53. The van der Waals surface area contributed by atoms with Crippen molar-refractivity contribution in [2.75, 3.05) is 19.0 Å². The lowest BCUT2D eigenvalue weighted by Gasteiger charge is -2.11. The SMILES string of the molecule is COc1cccc(\C=C/C=C/C=C/C=C/C=C/C=C/C(=O)NCCC(=O)O)c1NC(C)=O. The van der Waals surface area contributed by atoms with Gasteiger partial charge in [0.05, 0.1) is 19.2 Å². The highest BCUT2D eigenvalue weighted by atomic mass is 16.5. The third-order valence-corrected chi connectivity index (χ3v) is 3.74. The Labute approximate surface area is 188 Å². The normalized spacial score (nSPS) is 12.1. The number of benzene rings is 1. The number of nitrogens with one attached hydrogen (secondary N) is 2. The smallest absolute Gasteiger partial charge is 0.305 e. The predicted octanol–water partition coefficient (Wildman–Crippen LogP) is 4.04. The largest absolute Gasteiger partial charge is 0.495 e. The molecule has 0 spiro atoms. The second-order valence-electron chi connectivity index (χ2n) is 6.30. The van der Waals surface area contributed by atoms with Crippen molar-refractivity contribution in [1.29, 1.82) is 0 Å². The molecule has 1 aromatic carbocycles. The van der Waals surface area contributed by atoms with Gasteiger partial charge in [0, 0.05) is 25.1 Å². The van der Waals surface area contributed by atoms with E-state index in [1.54, 1.807) is 31.4 Å². The molecule has 0 heterocycles. The van der Waals surface area contributed by atoms with Crippen LogP contribution >= 0.6 is 0 Å². The quantitative estimate of drug-likeness (QED) is 0.339. The van der Waals surface area contributed by atoms with E-state index in [1.165, 1.54) is 13.0 Å². The number of hydrogen-bond acceptors (Lipinski definition) is 4. The van der Waals surface area contributed by atoms with Crippen LogP contribution in [-0.2, 0) is 14.4 Å². The van der Waals surface area contributed by atoms with E-state index in [4.69, 9.17) is 9.84 Å². The van der Waals surface area contributed by atoms with E-state index in [0.29, 0.717) is 11.4 Å². The minimum absolute atomic E-state index is 0.103. The van der Waals surface area contributed by atoms with Crippen LogP contribution in [0, 0.1) is 0 Å². The van der Waals surface area contributed by atoms with Crippen LogP contribution in [0.4, 0.5) is 5.69 Å². The van der Waals surface area contributed by atoms with Gasteiger partial charge >= 0.3 is 5.97 Å². The Morgan fingerprint density at radius 2 is 1.53 bits per heavy atom. The summed E-state index contributed by atoms with van der Waals surface area (Å²) in [6.45, 7) is 1.55. The van der Waals surface area contributed by atoms with Crippen molar-refractivity contribution in [3.63, 3.8) is 0 Å². The fourth-order valence-corrected chi connectivity index (χ4v) is 2.33. The highest BCUT2D eigenvalue weighted by Crippen LogP contribution is 2.29. The molecule has 32 heavy (non-hydrogen) atoms. The van der Waals surface area contributed by atoms with Gasteiger partial charge in [0.1, 0.15) is 5.75 Å². The van der Waals surface area contributed by atoms with E-state index in [0.717, 1.165) is 5.56 Å². The van der Waals surface area contributed by atoms with Crippen molar-refractivity contribution in [2.45, 2.75) is 13.3 Å². The molecule has 0 atom stereocenters. The van der Waals surface area contributed by atoms with Gasteiger partial charge in [0.25, 0.3) is 0 Å². The lowest BCUT2D eigenvalue weighted by atomic mass is 10.1. The van der Waals surface area contributed by atoms with Crippen LogP contribution in [-0.4, -0.2) is 36.5 Å². The number of hydrogen-bond donors (Lipinski definition) is 3. The maximum atomic E-state index is 11.4. The Balaban J connectivity index is 2.46. The lowest BCUT2D eigenvalue weighted by Crippen LogP contribution is -2.23. The van der Waals surface area contributed by atoms with Gasteiger partial charge in [-0.1, -0.05) is 79.0 Å². The molecule has 0 aliphatic carbocycles. The molecular weight excluding hydrogens is 408 g/mol. The molecule has 0 aromatic heterocycles. The van der Waals surface area contributed by atoms with E-state index in [1.807, 2.05) is 60.7 Å². The Morgan fingerprint density at radius 3 is 2.09 bits per heavy atom. The molecule has 0 fully saturated rings. The van der Waals surface area contributed by atoms with Crippen molar-refractivity contribution in [3.05, 3.63) is 90.6 Å². The molecule has 1 aromatic rings. The summed E-state index contributed by atoms with van der Waals surface area (Å²) >= 11 is 0. The Kier molecular flexibility index (Phi) is 12.7. The van der Waals surface area contributed by atoms with E-state index in [9.17, 15) is 14.4 Å².